The number of carbonyl (C=O) groups excluding carboxylic acids is 1. The van der Waals surface area contributed by atoms with Crippen LogP contribution in [0.5, 0.6) is 0 Å². The number of aliphatic hydroxyl groups excluding tert-OH is 1. The van der Waals surface area contributed by atoms with Crippen LogP contribution in [0.2, 0.25) is 0 Å². The lowest BCUT2D eigenvalue weighted by molar-refractivity contribution is -0.138. The average Bonchev–Trinajstić information content (AvgIpc) is 2.63. The van der Waals surface area contributed by atoms with Gasteiger partial charge in [0.15, 0.2) is 0 Å². The minimum atomic E-state index is -0.121. The number of rotatable bonds is 5. The van der Waals surface area contributed by atoms with E-state index in [9.17, 15) is 9.90 Å². The standard InChI is InChI=1S/C19H28N2O3/c22-18-8-12-20(13-9-18)17-6-10-21(11-7-17)19(23)15-24-14-16-4-2-1-3-5-16/h1-5,17-18,22H,6-15H2. The molecule has 0 aliphatic carbocycles. The van der Waals surface area contributed by atoms with Crippen molar-refractivity contribution in [2.75, 3.05) is 32.8 Å². The first kappa shape index (κ1) is 17.4. The minimum absolute atomic E-state index is 0.0958. The maximum absolute atomic E-state index is 12.3. The Hall–Kier alpha value is -1.43. The summed E-state index contributed by atoms with van der Waals surface area (Å²) in [5.41, 5.74) is 1.09. The molecule has 2 heterocycles. The highest BCUT2D eigenvalue weighted by atomic mass is 16.5. The normalized spacial score (nSPS) is 21.1. The molecule has 1 amide bonds. The van der Waals surface area contributed by atoms with E-state index >= 15 is 0 Å². The second kappa shape index (κ2) is 8.60. The van der Waals surface area contributed by atoms with Crippen LogP contribution in [-0.2, 0) is 16.1 Å². The van der Waals surface area contributed by atoms with Crippen molar-refractivity contribution in [3.05, 3.63) is 35.9 Å². The first-order chi connectivity index (χ1) is 11.7. The molecule has 132 valence electrons. The summed E-state index contributed by atoms with van der Waals surface area (Å²) in [5.74, 6) is 0.0958. The lowest BCUT2D eigenvalue weighted by Gasteiger charge is -2.41. The van der Waals surface area contributed by atoms with E-state index in [1.54, 1.807) is 0 Å². The molecular formula is C19H28N2O3. The average molecular weight is 332 g/mol. The van der Waals surface area contributed by atoms with Crippen molar-refractivity contribution in [3.63, 3.8) is 0 Å². The zero-order chi connectivity index (χ0) is 16.8. The van der Waals surface area contributed by atoms with Gasteiger partial charge in [0, 0.05) is 32.2 Å². The molecule has 1 aromatic carbocycles. The van der Waals surface area contributed by atoms with E-state index in [4.69, 9.17) is 4.74 Å². The highest BCUT2D eigenvalue weighted by Crippen LogP contribution is 2.21. The summed E-state index contributed by atoms with van der Waals surface area (Å²) in [7, 11) is 0. The van der Waals surface area contributed by atoms with Gasteiger partial charge in [-0.25, -0.2) is 0 Å². The first-order valence-corrected chi connectivity index (χ1v) is 9.04. The van der Waals surface area contributed by atoms with Gasteiger partial charge in [0.2, 0.25) is 5.91 Å². The van der Waals surface area contributed by atoms with Gasteiger partial charge in [-0.2, -0.15) is 0 Å². The Morgan fingerprint density at radius 2 is 1.71 bits per heavy atom. The van der Waals surface area contributed by atoms with E-state index in [0.717, 1.165) is 57.4 Å². The van der Waals surface area contributed by atoms with Crippen molar-refractivity contribution < 1.29 is 14.6 Å². The molecule has 0 radical (unpaired) electrons. The monoisotopic (exact) mass is 332 g/mol. The number of aliphatic hydroxyl groups is 1. The van der Waals surface area contributed by atoms with Crippen LogP contribution < -0.4 is 0 Å². The second-order valence-electron chi connectivity index (χ2n) is 6.86. The maximum Gasteiger partial charge on any atom is 0.248 e. The minimum Gasteiger partial charge on any atom is -0.393 e. The summed E-state index contributed by atoms with van der Waals surface area (Å²) < 4.78 is 5.56. The zero-order valence-electron chi connectivity index (χ0n) is 14.3. The van der Waals surface area contributed by atoms with Crippen LogP contribution in [0.4, 0.5) is 0 Å². The third kappa shape index (κ3) is 4.79. The largest absolute Gasteiger partial charge is 0.393 e. The van der Waals surface area contributed by atoms with Gasteiger partial charge in [0.1, 0.15) is 6.61 Å². The Labute approximate surface area is 144 Å². The van der Waals surface area contributed by atoms with Gasteiger partial charge in [-0.1, -0.05) is 30.3 Å². The van der Waals surface area contributed by atoms with Crippen LogP contribution in [0.25, 0.3) is 0 Å². The fourth-order valence-corrected chi connectivity index (χ4v) is 3.65. The smallest absolute Gasteiger partial charge is 0.248 e. The van der Waals surface area contributed by atoms with Crippen molar-refractivity contribution in [2.24, 2.45) is 0 Å². The van der Waals surface area contributed by atoms with Gasteiger partial charge in [-0.05, 0) is 31.2 Å². The van der Waals surface area contributed by atoms with E-state index in [2.05, 4.69) is 4.90 Å². The number of likely N-dealkylation sites (tertiary alicyclic amines) is 2. The molecule has 0 unspecified atom stereocenters. The molecule has 3 rings (SSSR count). The van der Waals surface area contributed by atoms with E-state index < -0.39 is 0 Å². The highest BCUT2D eigenvalue weighted by molar-refractivity contribution is 5.77. The van der Waals surface area contributed by atoms with Crippen LogP contribution in [0.15, 0.2) is 30.3 Å². The van der Waals surface area contributed by atoms with Gasteiger partial charge in [-0.3, -0.25) is 4.79 Å². The van der Waals surface area contributed by atoms with Crippen LogP contribution >= 0.6 is 0 Å². The number of hydrogen-bond acceptors (Lipinski definition) is 4. The van der Waals surface area contributed by atoms with Crippen molar-refractivity contribution in [1.29, 1.82) is 0 Å². The number of amides is 1. The lowest BCUT2D eigenvalue weighted by atomic mass is 9.99. The predicted molar refractivity (Wildman–Crippen MR) is 92.5 cm³/mol. The van der Waals surface area contributed by atoms with E-state index in [0.29, 0.717) is 12.6 Å². The summed E-state index contributed by atoms with van der Waals surface area (Å²) in [6, 6.07) is 10.5. The number of hydrogen-bond donors (Lipinski definition) is 1. The molecule has 24 heavy (non-hydrogen) atoms. The SMILES string of the molecule is O=C(COCc1ccccc1)N1CCC(N2CCC(O)CC2)CC1. The Kier molecular flexibility index (Phi) is 6.24. The third-order valence-corrected chi connectivity index (χ3v) is 5.17. The first-order valence-electron chi connectivity index (χ1n) is 9.04. The molecule has 2 saturated heterocycles. The fourth-order valence-electron chi connectivity index (χ4n) is 3.65. The Morgan fingerprint density at radius 3 is 2.38 bits per heavy atom. The van der Waals surface area contributed by atoms with Crippen molar-refractivity contribution in [2.45, 2.75) is 44.4 Å². The molecule has 0 saturated carbocycles. The van der Waals surface area contributed by atoms with Gasteiger partial charge in [0.25, 0.3) is 0 Å². The molecule has 0 atom stereocenters. The topological polar surface area (TPSA) is 53.0 Å². The van der Waals surface area contributed by atoms with E-state index in [1.165, 1.54) is 0 Å². The fraction of sp³-hybridized carbons (Fsp3) is 0.632. The molecule has 1 aromatic rings. The van der Waals surface area contributed by atoms with Gasteiger partial charge in [0.05, 0.1) is 12.7 Å². The van der Waals surface area contributed by atoms with Crippen LogP contribution in [0.3, 0.4) is 0 Å². The lowest BCUT2D eigenvalue weighted by Crippen LogP contribution is -2.50. The number of carbonyl (C=O) groups is 1. The molecule has 1 N–H and O–H groups in total. The van der Waals surface area contributed by atoms with Gasteiger partial charge in [-0.15, -0.1) is 0 Å². The summed E-state index contributed by atoms with van der Waals surface area (Å²) >= 11 is 0. The van der Waals surface area contributed by atoms with Crippen molar-refractivity contribution >= 4 is 5.91 Å². The van der Waals surface area contributed by atoms with Crippen molar-refractivity contribution in [3.8, 4) is 0 Å². The van der Waals surface area contributed by atoms with Crippen LogP contribution in [-0.4, -0.2) is 65.7 Å². The Morgan fingerprint density at radius 1 is 1.04 bits per heavy atom. The van der Waals surface area contributed by atoms with E-state index in [-0.39, 0.29) is 18.6 Å². The van der Waals surface area contributed by atoms with Gasteiger partial charge < -0.3 is 19.6 Å². The number of benzene rings is 1. The summed E-state index contributed by atoms with van der Waals surface area (Å²) in [4.78, 5) is 16.7. The Bertz CT molecular complexity index is 507. The quantitative estimate of drug-likeness (QED) is 0.891. The second-order valence-corrected chi connectivity index (χ2v) is 6.86. The Balaban J connectivity index is 1.36. The van der Waals surface area contributed by atoms with Crippen LogP contribution in [0.1, 0.15) is 31.2 Å². The molecule has 0 aromatic heterocycles. The zero-order valence-corrected chi connectivity index (χ0v) is 14.3. The molecule has 5 nitrogen and oxygen atoms in total. The van der Waals surface area contributed by atoms with Crippen LogP contribution in [0, 0.1) is 0 Å². The summed E-state index contributed by atoms with van der Waals surface area (Å²) in [5, 5.41) is 9.61. The molecule has 2 fully saturated rings. The summed E-state index contributed by atoms with van der Waals surface area (Å²) in [6.07, 6.45) is 3.70. The molecule has 2 aliphatic heterocycles. The molecular weight excluding hydrogens is 304 g/mol. The van der Waals surface area contributed by atoms with E-state index in [1.807, 2.05) is 35.2 Å². The molecule has 0 bridgehead atoms. The molecule has 2 aliphatic rings. The maximum atomic E-state index is 12.3. The van der Waals surface area contributed by atoms with Gasteiger partial charge >= 0.3 is 0 Å². The molecule has 5 heteroatoms. The predicted octanol–water partition coefficient (Wildman–Crippen LogP) is 1.65. The number of nitrogens with zero attached hydrogens (tertiary/aromatic N) is 2. The number of ether oxygens (including phenoxy) is 1. The summed E-state index contributed by atoms with van der Waals surface area (Å²) in [6.45, 7) is 4.25. The van der Waals surface area contributed by atoms with Crippen molar-refractivity contribution in [1.82, 2.24) is 9.80 Å². The molecule has 0 spiro atoms. The third-order valence-electron chi connectivity index (χ3n) is 5.17. The number of piperidine rings is 2. The highest BCUT2D eigenvalue weighted by Gasteiger charge is 2.29.